The van der Waals surface area contributed by atoms with Crippen molar-refractivity contribution in [1.29, 1.82) is 0 Å². The summed E-state index contributed by atoms with van der Waals surface area (Å²) in [5.41, 5.74) is 2.22. The third-order valence-electron chi connectivity index (χ3n) is 5.38. The first-order valence-corrected chi connectivity index (χ1v) is 10.4. The Hall–Kier alpha value is -1.58. The van der Waals surface area contributed by atoms with Crippen LogP contribution in [-0.4, -0.2) is 22.5 Å². The zero-order valence-electron chi connectivity index (χ0n) is 17.1. The second-order valence-corrected chi connectivity index (χ2v) is 7.36. The number of carbonyl (C=O) groups is 2. The van der Waals surface area contributed by atoms with Crippen molar-refractivity contribution in [3.63, 3.8) is 0 Å². The van der Waals surface area contributed by atoms with Gasteiger partial charge in [0.1, 0.15) is 11.4 Å². The summed E-state index contributed by atoms with van der Waals surface area (Å²) in [5.74, 6) is 0.975. The summed E-state index contributed by atoms with van der Waals surface area (Å²) in [6.07, 6.45) is 12.1. The van der Waals surface area contributed by atoms with Crippen LogP contribution in [0.25, 0.3) is 0 Å². The molecule has 0 radical (unpaired) electrons. The lowest BCUT2D eigenvalue weighted by Gasteiger charge is -2.18. The number of carbonyl (C=O) groups excluding carboxylic acids is 2. The summed E-state index contributed by atoms with van der Waals surface area (Å²) in [5, 5.41) is 0. The maximum Gasteiger partial charge on any atom is 0.170 e. The summed E-state index contributed by atoms with van der Waals surface area (Å²) in [6, 6.07) is 0. The minimum Gasteiger partial charge on any atom is -0.296 e. The predicted molar refractivity (Wildman–Crippen MR) is 107 cm³/mol. The molecule has 26 heavy (non-hydrogen) atoms. The van der Waals surface area contributed by atoms with Crippen molar-refractivity contribution >= 4 is 12.6 Å². The fraction of sp³-hybridized carbons (Fsp3) is 0.727. The van der Waals surface area contributed by atoms with E-state index in [4.69, 9.17) is 0 Å². The second kappa shape index (κ2) is 12.7. The van der Waals surface area contributed by atoms with Gasteiger partial charge in [0.25, 0.3) is 0 Å². The molecule has 0 amide bonds. The van der Waals surface area contributed by atoms with Gasteiger partial charge in [-0.2, -0.15) is 0 Å². The molecule has 1 aromatic rings. The van der Waals surface area contributed by atoms with Gasteiger partial charge in [-0.15, -0.1) is 0 Å². The SMILES string of the molecule is CCCCC(CC)Cc1nc(C=O)c(CC(CC)CCCC)nc1C=O. The van der Waals surface area contributed by atoms with Crippen LogP contribution in [0.1, 0.15) is 111 Å². The first-order chi connectivity index (χ1) is 12.6. The Bertz CT molecular complexity index is 508. The highest BCUT2D eigenvalue weighted by atomic mass is 16.1. The van der Waals surface area contributed by atoms with Gasteiger partial charge in [-0.1, -0.05) is 79.1 Å². The van der Waals surface area contributed by atoms with Gasteiger partial charge < -0.3 is 0 Å². The van der Waals surface area contributed by atoms with E-state index in [0.29, 0.717) is 34.6 Å². The average molecular weight is 361 g/mol. The maximum atomic E-state index is 11.6. The minimum absolute atomic E-state index is 0.422. The van der Waals surface area contributed by atoms with E-state index >= 15 is 0 Å². The minimum atomic E-state index is 0.422. The van der Waals surface area contributed by atoms with Crippen LogP contribution < -0.4 is 0 Å². The molecule has 0 aliphatic heterocycles. The molecule has 0 bridgehead atoms. The van der Waals surface area contributed by atoms with Gasteiger partial charge in [0.2, 0.25) is 0 Å². The van der Waals surface area contributed by atoms with E-state index in [9.17, 15) is 9.59 Å². The highest BCUT2D eigenvalue weighted by molar-refractivity contribution is 5.77. The molecule has 4 heteroatoms. The number of rotatable bonds is 14. The van der Waals surface area contributed by atoms with E-state index in [2.05, 4.69) is 37.7 Å². The number of aromatic nitrogens is 2. The van der Waals surface area contributed by atoms with Crippen LogP contribution in [0.4, 0.5) is 0 Å². The normalized spacial score (nSPS) is 13.4. The van der Waals surface area contributed by atoms with Gasteiger partial charge in [0.05, 0.1) is 11.4 Å². The first kappa shape index (κ1) is 22.5. The molecule has 0 saturated heterocycles. The van der Waals surface area contributed by atoms with Crippen LogP contribution in [0, 0.1) is 11.8 Å². The summed E-state index contributed by atoms with van der Waals surface area (Å²) in [4.78, 5) is 32.3. The van der Waals surface area contributed by atoms with Gasteiger partial charge in [-0.05, 0) is 24.7 Å². The van der Waals surface area contributed by atoms with Crippen LogP contribution in [-0.2, 0) is 12.8 Å². The lowest BCUT2D eigenvalue weighted by Crippen LogP contribution is -2.15. The topological polar surface area (TPSA) is 59.9 Å². The summed E-state index contributed by atoms with van der Waals surface area (Å²) in [6.45, 7) is 8.71. The summed E-state index contributed by atoms with van der Waals surface area (Å²) >= 11 is 0. The van der Waals surface area contributed by atoms with Crippen molar-refractivity contribution in [1.82, 2.24) is 9.97 Å². The van der Waals surface area contributed by atoms with E-state index in [1.54, 1.807) is 0 Å². The van der Waals surface area contributed by atoms with Crippen LogP contribution in [0.3, 0.4) is 0 Å². The molecule has 4 nitrogen and oxygen atoms in total. The van der Waals surface area contributed by atoms with Gasteiger partial charge >= 0.3 is 0 Å². The molecule has 2 unspecified atom stereocenters. The van der Waals surface area contributed by atoms with E-state index in [1.165, 1.54) is 12.8 Å². The Morgan fingerprint density at radius 1 is 0.731 bits per heavy atom. The largest absolute Gasteiger partial charge is 0.296 e. The predicted octanol–water partition coefficient (Wildman–Crippen LogP) is 5.62. The van der Waals surface area contributed by atoms with Crippen LogP contribution >= 0.6 is 0 Å². The van der Waals surface area contributed by atoms with E-state index in [0.717, 1.165) is 63.9 Å². The van der Waals surface area contributed by atoms with E-state index < -0.39 is 0 Å². The van der Waals surface area contributed by atoms with Crippen molar-refractivity contribution in [2.24, 2.45) is 11.8 Å². The Balaban J connectivity index is 3.05. The molecule has 1 rings (SSSR count). The molecular weight excluding hydrogens is 324 g/mol. The van der Waals surface area contributed by atoms with Crippen molar-refractivity contribution in [2.75, 3.05) is 0 Å². The van der Waals surface area contributed by atoms with Crippen LogP contribution in [0.2, 0.25) is 0 Å². The number of nitrogens with zero attached hydrogens (tertiary/aromatic N) is 2. The monoisotopic (exact) mass is 360 g/mol. The number of aldehydes is 2. The average Bonchev–Trinajstić information content (AvgIpc) is 2.68. The molecule has 0 aromatic carbocycles. The Morgan fingerprint density at radius 2 is 1.12 bits per heavy atom. The van der Waals surface area contributed by atoms with E-state index in [-0.39, 0.29) is 0 Å². The lowest BCUT2D eigenvalue weighted by atomic mass is 9.92. The zero-order chi connectivity index (χ0) is 19.4. The highest BCUT2D eigenvalue weighted by Crippen LogP contribution is 2.22. The first-order valence-electron chi connectivity index (χ1n) is 10.4. The fourth-order valence-electron chi connectivity index (χ4n) is 3.46. The molecule has 0 aliphatic rings. The number of hydrogen-bond donors (Lipinski definition) is 0. The molecule has 0 N–H and O–H groups in total. The summed E-state index contributed by atoms with van der Waals surface area (Å²) < 4.78 is 0. The molecule has 2 atom stereocenters. The lowest BCUT2D eigenvalue weighted by molar-refractivity contribution is 0.110. The van der Waals surface area contributed by atoms with Crippen LogP contribution in [0.5, 0.6) is 0 Å². The maximum absolute atomic E-state index is 11.6. The Labute approximate surface area is 159 Å². The fourth-order valence-corrected chi connectivity index (χ4v) is 3.46. The van der Waals surface area contributed by atoms with Crippen molar-refractivity contribution in [3.8, 4) is 0 Å². The zero-order valence-corrected chi connectivity index (χ0v) is 17.1. The quantitative estimate of drug-likeness (QED) is 0.404. The third-order valence-corrected chi connectivity index (χ3v) is 5.38. The molecule has 0 aliphatic carbocycles. The van der Waals surface area contributed by atoms with Gasteiger partial charge in [0, 0.05) is 0 Å². The van der Waals surface area contributed by atoms with Crippen molar-refractivity contribution in [2.45, 2.75) is 91.9 Å². The highest BCUT2D eigenvalue weighted by Gasteiger charge is 2.18. The van der Waals surface area contributed by atoms with Crippen LogP contribution in [0.15, 0.2) is 0 Å². The summed E-state index contributed by atoms with van der Waals surface area (Å²) in [7, 11) is 0. The molecule has 0 saturated carbocycles. The smallest absolute Gasteiger partial charge is 0.170 e. The third kappa shape index (κ3) is 6.97. The molecule has 0 spiro atoms. The van der Waals surface area contributed by atoms with Gasteiger partial charge in [0.15, 0.2) is 12.6 Å². The molecule has 146 valence electrons. The molecule has 0 fully saturated rings. The Kier molecular flexibility index (Phi) is 11.0. The van der Waals surface area contributed by atoms with Gasteiger partial charge in [-0.3, -0.25) is 9.59 Å². The molecule has 1 aromatic heterocycles. The molecule has 1 heterocycles. The standard InChI is InChI=1S/C22H36N2O2/c1-5-9-11-17(7-3)13-19-21(15-25)24-20(22(16-26)23-19)14-18(8-4)12-10-6-2/h15-18H,5-14H2,1-4H3. The van der Waals surface area contributed by atoms with Crippen molar-refractivity contribution in [3.05, 3.63) is 22.8 Å². The van der Waals surface area contributed by atoms with E-state index in [1.807, 2.05) is 0 Å². The number of unbranched alkanes of at least 4 members (excludes halogenated alkanes) is 2. The molecular formula is C22H36N2O2. The second-order valence-electron chi connectivity index (χ2n) is 7.36. The van der Waals surface area contributed by atoms with Crippen molar-refractivity contribution < 1.29 is 9.59 Å². The number of hydrogen-bond acceptors (Lipinski definition) is 4. The van der Waals surface area contributed by atoms with Gasteiger partial charge in [-0.25, -0.2) is 9.97 Å². The Morgan fingerprint density at radius 3 is 1.38 bits per heavy atom.